The van der Waals surface area contributed by atoms with Crippen LogP contribution in [-0.2, 0) is 4.74 Å². The van der Waals surface area contributed by atoms with Crippen LogP contribution in [0.3, 0.4) is 0 Å². The van der Waals surface area contributed by atoms with Crippen molar-refractivity contribution in [2.24, 2.45) is 4.99 Å². The van der Waals surface area contributed by atoms with Crippen LogP contribution in [0.25, 0.3) is 0 Å². The van der Waals surface area contributed by atoms with Gasteiger partial charge < -0.3 is 20.3 Å². The summed E-state index contributed by atoms with van der Waals surface area (Å²) in [5.74, 6) is 0.872. The topological polar surface area (TPSA) is 48.9 Å². The molecule has 0 atom stereocenters. The highest BCUT2D eigenvalue weighted by Gasteiger charge is 2.12. The highest BCUT2D eigenvalue weighted by Crippen LogP contribution is 2.19. The van der Waals surface area contributed by atoms with Crippen LogP contribution in [0.15, 0.2) is 4.99 Å². The molecule has 5 heteroatoms. The van der Waals surface area contributed by atoms with Gasteiger partial charge in [0, 0.05) is 26.7 Å². The third kappa shape index (κ3) is 8.59. The fraction of sp³-hybridized carbons (Fsp3) is 0.941. The minimum Gasteiger partial charge on any atom is -0.376 e. The summed E-state index contributed by atoms with van der Waals surface area (Å²) in [5.41, 5.74) is 0. The number of hydrogen-bond donors (Lipinski definition) is 2. The van der Waals surface area contributed by atoms with Crippen molar-refractivity contribution in [1.82, 2.24) is 15.5 Å². The normalized spacial score (nSPS) is 17.5. The zero-order valence-electron chi connectivity index (χ0n) is 14.9. The van der Waals surface area contributed by atoms with Crippen LogP contribution in [-0.4, -0.2) is 63.3 Å². The Labute approximate surface area is 136 Å². The van der Waals surface area contributed by atoms with E-state index in [0.29, 0.717) is 6.10 Å². The number of likely N-dealkylation sites (N-methyl/N-ethyl adjacent to an activating group) is 1. The van der Waals surface area contributed by atoms with E-state index in [9.17, 15) is 0 Å². The van der Waals surface area contributed by atoms with Crippen molar-refractivity contribution < 1.29 is 4.74 Å². The molecule has 130 valence electrons. The van der Waals surface area contributed by atoms with Crippen molar-refractivity contribution in [2.45, 2.75) is 58.5 Å². The lowest BCUT2D eigenvalue weighted by atomic mass is 10.1. The molecule has 1 fully saturated rings. The average Bonchev–Trinajstić information content (AvgIpc) is 2.82. The molecule has 5 nitrogen and oxygen atoms in total. The summed E-state index contributed by atoms with van der Waals surface area (Å²) in [6, 6.07) is 0. The Hall–Kier alpha value is -0.810. The quantitative estimate of drug-likeness (QED) is 0.297. The van der Waals surface area contributed by atoms with Gasteiger partial charge in [-0.3, -0.25) is 4.99 Å². The molecule has 0 unspecified atom stereocenters. The smallest absolute Gasteiger partial charge is 0.191 e. The maximum absolute atomic E-state index is 5.98. The van der Waals surface area contributed by atoms with E-state index in [4.69, 9.17) is 4.74 Å². The summed E-state index contributed by atoms with van der Waals surface area (Å²) in [4.78, 5) is 6.65. The first-order chi connectivity index (χ1) is 10.8. The van der Waals surface area contributed by atoms with E-state index in [1.807, 2.05) is 7.05 Å². The van der Waals surface area contributed by atoms with E-state index in [0.717, 1.165) is 45.3 Å². The molecule has 0 aliphatic heterocycles. The van der Waals surface area contributed by atoms with Gasteiger partial charge in [0.05, 0.1) is 12.7 Å². The van der Waals surface area contributed by atoms with Crippen molar-refractivity contribution in [3.8, 4) is 0 Å². The highest BCUT2D eigenvalue weighted by atomic mass is 16.5. The van der Waals surface area contributed by atoms with Gasteiger partial charge >= 0.3 is 0 Å². The van der Waals surface area contributed by atoms with Gasteiger partial charge in [0.1, 0.15) is 0 Å². The number of nitrogens with one attached hydrogen (secondary N) is 2. The highest BCUT2D eigenvalue weighted by molar-refractivity contribution is 5.79. The fourth-order valence-corrected chi connectivity index (χ4v) is 2.90. The second-order valence-corrected chi connectivity index (χ2v) is 5.94. The van der Waals surface area contributed by atoms with Crippen LogP contribution in [0.2, 0.25) is 0 Å². The lowest BCUT2D eigenvalue weighted by Crippen LogP contribution is -2.42. The third-order valence-electron chi connectivity index (χ3n) is 4.39. The Bertz CT molecular complexity index is 284. The number of guanidine groups is 1. The first kappa shape index (κ1) is 19.2. The largest absolute Gasteiger partial charge is 0.376 e. The maximum Gasteiger partial charge on any atom is 0.191 e. The minimum absolute atomic E-state index is 0.474. The molecule has 2 N–H and O–H groups in total. The summed E-state index contributed by atoms with van der Waals surface area (Å²) in [6.45, 7) is 10.1. The van der Waals surface area contributed by atoms with E-state index < -0.39 is 0 Å². The third-order valence-corrected chi connectivity index (χ3v) is 4.39. The molecular weight excluding hydrogens is 276 g/mol. The van der Waals surface area contributed by atoms with Crippen molar-refractivity contribution in [3.63, 3.8) is 0 Å². The molecule has 0 bridgehead atoms. The van der Waals surface area contributed by atoms with Crippen molar-refractivity contribution >= 4 is 5.96 Å². The fourth-order valence-electron chi connectivity index (χ4n) is 2.90. The molecule has 1 aliphatic rings. The van der Waals surface area contributed by atoms with Gasteiger partial charge in [-0.2, -0.15) is 0 Å². The molecule has 0 aromatic heterocycles. The molecule has 0 heterocycles. The zero-order valence-corrected chi connectivity index (χ0v) is 14.9. The molecule has 0 spiro atoms. The van der Waals surface area contributed by atoms with Crippen LogP contribution in [0.5, 0.6) is 0 Å². The van der Waals surface area contributed by atoms with E-state index >= 15 is 0 Å². The lowest BCUT2D eigenvalue weighted by Gasteiger charge is -2.20. The molecule has 0 saturated heterocycles. The van der Waals surface area contributed by atoms with Crippen LogP contribution in [0, 0.1) is 0 Å². The standard InChI is InChI=1S/C17H36N4O/c1-4-21(5-2)14-12-19-17(18-3)20-13-15-22-16-10-8-6-7-9-11-16/h16H,4-15H2,1-3H3,(H2,18,19,20). The summed E-state index contributed by atoms with van der Waals surface area (Å²) >= 11 is 0. The Balaban J connectivity index is 2.08. The van der Waals surface area contributed by atoms with Gasteiger partial charge in [-0.1, -0.05) is 39.5 Å². The van der Waals surface area contributed by atoms with Gasteiger partial charge in [0.25, 0.3) is 0 Å². The van der Waals surface area contributed by atoms with Crippen molar-refractivity contribution in [1.29, 1.82) is 0 Å². The molecule has 1 saturated carbocycles. The average molecular weight is 313 g/mol. The predicted molar refractivity (Wildman–Crippen MR) is 94.6 cm³/mol. The van der Waals surface area contributed by atoms with Crippen molar-refractivity contribution in [3.05, 3.63) is 0 Å². The van der Waals surface area contributed by atoms with E-state index in [-0.39, 0.29) is 0 Å². The van der Waals surface area contributed by atoms with Crippen LogP contribution >= 0.6 is 0 Å². The molecule has 0 aromatic carbocycles. The predicted octanol–water partition coefficient (Wildman–Crippen LogP) is 2.23. The zero-order chi connectivity index (χ0) is 16.0. The summed E-state index contributed by atoms with van der Waals surface area (Å²) in [5, 5.41) is 6.69. The van der Waals surface area contributed by atoms with E-state index in [1.165, 1.54) is 38.5 Å². The van der Waals surface area contributed by atoms with Crippen molar-refractivity contribution in [2.75, 3.05) is 46.4 Å². The number of rotatable bonds is 9. The van der Waals surface area contributed by atoms with Gasteiger partial charge in [0.2, 0.25) is 0 Å². The second-order valence-electron chi connectivity index (χ2n) is 5.94. The SMILES string of the molecule is CCN(CC)CCNC(=NC)NCCOC1CCCCCC1. The summed E-state index contributed by atoms with van der Waals surface area (Å²) in [7, 11) is 1.82. The molecule has 0 radical (unpaired) electrons. The molecule has 0 amide bonds. The van der Waals surface area contributed by atoms with Crippen LogP contribution < -0.4 is 10.6 Å². The Morgan fingerprint density at radius 1 is 1.05 bits per heavy atom. The molecule has 22 heavy (non-hydrogen) atoms. The van der Waals surface area contributed by atoms with Crippen LogP contribution in [0.1, 0.15) is 52.4 Å². The monoisotopic (exact) mass is 312 g/mol. The maximum atomic E-state index is 5.98. The van der Waals surface area contributed by atoms with Gasteiger partial charge in [-0.05, 0) is 25.9 Å². The molecular formula is C17H36N4O. The summed E-state index contributed by atoms with van der Waals surface area (Å²) in [6.07, 6.45) is 8.34. The number of aliphatic imine (C=N–C) groups is 1. The number of hydrogen-bond acceptors (Lipinski definition) is 3. The molecule has 1 aliphatic carbocycles. The Morgan fingerprint density at radius 3 is 2.27 bits per heavy atom. The summed E-state index contributed by atoms with van der Waals surface area (Å²) < 4.78 is 5.98. The number of ether oxygens (including phenoxy) is 1. The van der Waals surface area contributed by atoms with Crippen LogP contribution in [0.4, 0.5) is 0 Å². The lowest BCUT2D eigenvalue weighted by molar-refractivity contribution is 0.0468. The van der Waals surface area contributed by atoms with E-state index in [2.05, 4.69) is 34.4 Å². The number of nitrogens with zero attached hydrogens (tertiary/aromatic N) is 2. The first-order valence-electron chi connectivity index (χ1n) is 9.08. The van der Waals surface area contributed by atoms with Gasteiger partial charge in [-0.25, -0.2) is 0 Å². The second kappa shape index (κ2) is 12.7. The van der Waals surface area contributed by atoms with Gasteiger partial charge in [-0.15, -0.1) is 0 Å². The first-order valence-corrected chi connectivity index (χ1v) is 9.08. The van der Waals surface area contributed by atoms with Gasteiger partial charge in [0.15, 0.2) is 5.96 Å². The Kier molecular flexibility index (Phi) is 11.1. The van der Waals surface area contributed by atoms with E-state index in [1.54, 1.807) is 0 Å². The Morgan fingerprint density at radius 2 is 1.68 bits per heavy atom. The molecule has 1 rings (SSSR count). The molecule has 0 aromatic rings. The minimum atomic E-state index is 0.474.